The summed E-state index contributed by atoms with van der Waals surface area (Å²) in [7, 11) is 1.60. The molecule has 3 saturated heterocycles. The van der Waals surface area contributed by atoms with Gasteiger partial charge < -0.3 is 29.9 Å². The maximum absolute atomic E-state index is 14.5. The van der Waals surface area contributed by atoms with Crippen LogP contribution in [-0.4, -0.2) is 103 Å². The molecule has 2 bridgehead atoms. The summed E-state index contributed by atoms with van der Waals surface area (Å²) in [5, 5.41) is 6.37. The van der Waals surface area contributed by atoms with Crippen LogP contribution in [0.2, 0.25) is 0 Å². The van der Waals surface area contributed by atoms with Gasteiger partial charge in [0, 0.05) is 51.0 Å². The number of hydrogen-bond acceptors (Lipinski definition) is 7. The number of nitrogens with one attached hydrogen (secondary N) is 2. The van der Waals surface area contributed by atoms with E-state index in [0.717, 1.165) is 65.0 Å². The van der Waals surface area contributed by atoms with Crippen molar-refractivity contribution in [2.24, 2.45) is 23.7 Å². The number of rotatable bonds is 11. The second-order valence-corrected chi connectivity index (χ2v) is 14.8. The number of ether oxygens (including phenoxy) is 2. The van der Waals surface area contributed by atoms with Crippen LogP contribution in [0.1, 0.15) is 45.1 Å². The lowest BCUT2D eigenvalue weighted by molar-refractivity contribution is -0.141. The molecular formula is C39H51N5O5. The molecule has 4 fully saturated rings. The van der Waals surface area contributed by atoms with Crippen molar-refractivity contribution in [3.8, 4) is 5.75 Å². The zero-order valence-electron chi connectivity index (χ0n) is 29.1. The Morgan fingerprint density at radius 2 is 1.67 bits per heavy atom. The summed E-state index contributed by atoms with van der Waals surface area (Å²) >= 11 is 0. The Bertz CT molecular complexity index is 1530. The summed E-state index contributed by atoms with van der Waals surface area (Å²) in [6, 6.07) is 16.9. The first-order valence-electron chi connectivity index (χ1n) is 18.2. The van der Waals surface area contributed by atoms with E-state index in [1.807, 2.05) is 12.2 Å². The summed E-state index contributed by atoms with van der Waals surface area (Å²) in [4.78, 5) is 49.4. The highest BCUT2D eigenvalue weighted by Crippen LogP contribution is 2.55. The largest absolute Gasteiger partial charge is 0.497 e. The van der Waals surface area contributed by atoms with E-state index in [4.69, 9.17) is 9.47 Å². The Hall–Kier alpha value is -3.73. The molecule has 1 aliphatic carbocycles. The summed E-state index contributed by atoms with van der Waals surface area (Å²) in [6.45, 7) is 10.6. The van der Waals surface area contributed by atoms with Crippen LogP contribution in [0.3, 0.4) is 0 Å². The van der Waals surface area contributed by atoms with Gasteiger partial charge in [0.05, 0.1) is 25.0 Å². The molecule has 2 aromatic rings. The quantitative estimate of drug-likeness (QED) is 0.350. The molecule has 10 nitrogen and oxygen atoms in total. The van der Waals surface area contributed by atoms with E-state index in [1.165, 1.54) is 5.56 Å². The second kappa shape index (κ2) is 14.2. The minimum absolute atomic E-state index is 0.0487. The fraction of sp³-hybridized carbons (Fsp3) is 0.564. The monoisotopic (exact) mass is 669 g/mol. The zero-order chi connectivity index (χ0) is 34.1. The molecule has 1 spiro atoms. The van der Waals surface area contributed by atoms with Gasteiger partial charge in [0.25, 0.3) is 0 Å². The third-order valence-corrected chi connectivity index (χ3v) is 11.9. The van der Waals surface area contributed by atoms with Crippen LogP contribution in [0.4, 0.5) is 5.69 Å². The molecule has 8 atom stereocenters. The number of hydrogen-bond donors (Lipinski definition) is 2. The van der Waals surface area contributed by atoms with E-state index in [0.29, 0.717) is 29.8 Å². The van der Waals surface area contributed by atoms with Gasteiger partial charge in [0.15, 0.2) is 0 Å². The zero-order valence-corrected chi connectivity index (χ0v) is 29.1. The van der Waals surface area contributed by atoms with Gasteiger partial charge in [-0.25, -0.2) is 0 Å². The Labute approximate surface area is 290 Å². The van der Waals surface area contributed by atoms with E-state index >= 15 is 0 Å². The average molecular weight is 670 g/mol. The number of amides is 3. The highest BCUT2D eigenvalue weighted by Gasteiger charge is 2.72. The lowest BCUT2D eigenvalue weighted by atomic mass is 9.73. The summed E-state index contributed by atoms with van der Waals surface area (Å²) in [5.74, 6) is -0.553. The van der Waals surface area contributed by atoms with Crippen molar-refractivity contribution >= 4 is 23.4 Å². The molecule has 10 heteroatoms. The Balaban J connectivity index is 1.05. The molecular weight excluding hydrogens is 618 g/mol. The van der Waals surface area contributed by atoms with E-state index in [-0.39, 0.29) is 23.8 Å². The van der Waals surface area contributed by atoms with Gasteiger partial charge in [-0.05, 0) is 61.1 Å². The molecule has 4 heterocycles. The number of likely N-dealkylation sites (tertiary alicyclic amines) is 1. The first-order valence-corrected chi connectivity index (χ1v) is 18.2. The number of benzene rings is 2. The molecule has 2 N–H and O–H groups in total. The van der Waals surface area contributed by atoms with Crippen LogP contribution in [0, 0.1) is 23.7 Å². The van der Waals surface area contributed by atoms with Gasteiger partial charge >= 0.3 is 0 Å². The number of fused-ring (bicyclic) bond motifs is 1. The topological polar surface area (TPSA) is 103 Å². The normalized spacial score (nSPS) is 32.7. The number of carbonyl (C=O) groups excluding carboxylic acids is 3. The van der Waals surface area contributed by atoms with Crippen molar-refractivity contribution in [2.45, 2.75) is 69.9 Å². The minimum atomic E-state index is -1.17. The van der Waals surface area contributed by atoms with Gasteiger partial charge in [-0.3, -0.25) is 19.3 Å². The van der Waals surface area contributed by atoms with Crippen LogP contribution >= 0.6 is 0 Å². The molecule has 262 valence electrons. The van der Waals surface area contributed by atoms with Gasteiger partial charge in [-0.1, -0.05) is 69.2 Å². The molecule has 4 aliphatic heterocycles. The predicted octanol–water partition coefficient (Wildman–Crippen LogP) is 3.93. The fourth-order valence-corrected chi connectivity index (χ4v) is 8.93. The molecule has 7 rings (SSSR count). The second-order valence-electron chi connectivity index (χ2n) is 14.8. The smallest absolute Gasteiger partial charge is 0.246 e. The van der Waals surface area contributed by atoms with Gasteiger partial charge in [-0.15, -0.1) is 0 Å². The Kier molecular flexibility index (Phi) is 9.81. The lowest BCUT2D eigenvalue weighted by Crippen LogP contribution is -2.58. The van der Waals surface area contributed by atoms with E-state index in [9.17, 15) is 14.4 Å². The lowest BCUT2D eigenvalue weighted by Gasteiger charge is -2.38. The van der Waals surface area contributed by atoms with Crippen molar-refractivity contribution in [1.29, 1.82) is 0 Å². The first-order chi connectivity index (χ1) is 23.8. The maximum atomic E-state index is 14.5. The third kappa shape index (κ3) is 6.62. The summed E-state index contributed by atoms with van der Waals surface area (Å²) in [5.41, 5.74) is 0.782. The minimum Gasteiger partial charge on any atom is -0.497 e. The molecule has 5 aliphatic rings. The maximum Gasteiger partial charge on any atom is 0.246 e. The third-order valence-electron chi connectivity index (χ3n) is 11.9. The molecule has 0 aromatic heterocycles. The molecule has 3 amide bonds. The predicted molar refractivity (Wildman–Crippen MR) is 188 cm³/mol. The molecule has 0 radical (unpaired) electrons. The highest BCUT2D eigenvalue weighted by atomic mass is 16.5. The fourth-order valence-electron chi connectivity index (χ4n) is 8.93. The highest BCUT2D eigenvalue weighted by molar-refractivity contribution is 6.02. The van der Waals surface area contributed by atoms with Gasteiger partial charge in [0.2, 0.25) is 17.7 Å². The van der Waals surface area contributed by atoms with Gasteiger partial charge in [-0.2, -0.15) is 0 Å². The first kappa shape index (κ1) is 33.8. The van der Waals surface area contributed by atoms with Crippen molar-refractivity contribution in [1.82, 2.24) is 20.0 Å². The standard InChI is InChI=1S/C39H51N5O5/c1-26-9-7-12-31(27(26)2)41-37(46)35-39-18-17-32(49-39)33(36(45)40-29-13-15-30(48-3)16-14-29)34(39)38(47)44(35)20-8-19-42-21-23-43(24-22-42)25-28-10-5-4-6-11-28/h4-6,10-11,13-18,26-27,31-35H,7-9,12,19-25H2,1-3H3,(H,40,45)(H,41,46)/t26-,27+,31-,32-,33+,34-,35-,39-/m1/s1. The van der Waals surface area contributed by atoms with Crippen LogP contribution in [-0.2, 0) is 25.7 Å². The number of carbonyl (C=O) groups is 3. The number of anilines is 1. The summed E-state index contributed by atoms with van der Waals surface area (Å²) < 4.78 is 11.8. The van der Waals surface area contributed by atoms with Gasteiger partial charge in [0.1, 0.15) is 17.4 Å². The van der Waals surface area contributed by atoms with E-state index in [1.54, 1.807) is 36.3 Å². The number of methoxy groups -OCH3 is 1. The van der Waals surface area contributed by atoms with E-state index < -0.39 is 29.6 Å². The van der Waals surface area contributed by atoms with Crippen molar-refractivity contribution < 1.29 is 23.9 Å². The molecule has 49 heavy (non-hydrogen) atoms. The Morgan fingerprint density at radius 3 is 2.41 bits per heavy atom. The van der Waals surface area contributed by atoms with Crippen LogP contribution < -0.4 is 15.4 Å². The number of nitrogens with zero attached hydrogens (tertiary/aromatic N) is 3. The van der Waals surface area contributed by atoms with Crippen molar-refractivity contribution in [2.75, 3.05) is 51.7 Å². The summed E-state index contributed by atoms with van der Waals surface area (Å²) in [6.07, 6.45) is 7.12. The van der Waals surface area contributed by atoms with Crippen molar-refractivity contribution in [3.63, 3.8) is 0 Å². The molecule has 2 aromatic carbocycles. The average Bonchev–Trinajstić information content (AvgIpc) is 3.75. The number of piperazine rings is 1. The SMILES string of the molecule is COc1ccc(NC(=O)[C@H]2[C@H]3C=C[C@@]4(O3)[C@H]2C(=O)N(CCCN2CCN(Cc3ccccc3)CC2)[C@@H]4C(=O)N[C@@H]2CCC[C@@H](C)[C@@H]2C)cc1. The molecule has 0 unspecified atom stereocenters. The van der Waals surface area contributed by atoms with Crippen LogP contribution in [0.5, 0.6) is 5.75 Å². The molecule has 1 saturated carbocycles. The Morgan fingerprint density at radius 1 is 0.939 bits per heavy atom. The van der Waals surface area contributed by atoms with Crippen LogP contribution in [0.25, 0.3) is 0 Å². The van der Waals surface area contributed by atoms with Crippen LogP contribution in [0.15, 0.2) is 66.7 Å². The van der Waals surface area contributed by atoms with Crippen molar-refractivity contribution in [3.05, 3.63) is 72.3 Å². The van der Waals surface area contributed by atoms with E-state index in [2.05, 4.69) is 64.6 Å².